The number of carbonyl (C=O) groups is 3. The zero-order chi connectivity index (χ0) is 26.5. The molecule has 3 atom stereocenters. The lowest BCUT2D eigenvalue weighted by Gasteiger charge is -2.25. The first-order valence-electron chi connectivity index (χ1n) is 11.4. The second-order valence-electron chi connectivity index (χ2n) is 8.46. The number of benzodiazepines with no additional fused rings is 1. The number of anilines is 1. The van der Waals surface area contributed by atoms with E-state index in [4.69, 9.17) is 17.3 Å². The number of hydrogen-bond donors (Lipinski definition) is 3. The molecule has 4 N–H and O–H groups in total. The highest BCUT2D eigenvalue weighted by molar-refractivity contribution is 6.36. The Morgan fingerprint density at radius 2 is 1.81 bits per heavy atom. The number of alkyl halides is 3. The molecule has 7 nitrogen and oxygen atoms in total. The number of fused-ring (bicyclic) bond motifs is 1. The van der Waals surface area contributed by atoms with Crippen LogP contribution in [0.4, 0.5) is 18.9 Å². The first-order chi connectivity index (χ1) is 17.0. The topological polar surface area (TPSA) is 114 Å². The van der Waals surface area contributed by atoms with Crippen LogP contribution >= 0.6 is 11.6 Å². The normalized spacial score (nSPS) is 17.2. The van der Waals surface area contributed by atoms with Crippen LogP contribution in [0.2, 0.25) is 5.02 Å². The summed E-state index contributed by atoms with van der Waals surface area (Å²) in [5.74, 6) is -5.04. The monoisotopic (exact) mass is 522 g/mol. The lowest BCUT2D eigenvalue weighted by Crippen LogP contribution is -2.48. The van der Waals surface area contributed by atoms with E-state index in [9.17, 15) is 27.6 Å². The number of nitrogens with one attached hydrogen (secondary N) is 2. The zero-order valence-electron chi connectivity index (χ0n) is 19.4. The van der Waals surface area contributed by atoms with Crippen LogP contribution in [0.25, 0.3) is 0 Å². The Morgan fingerprint density at radius 3 is 2.42 bits per heavy atom. The first-order valence-corrected chi connectivity index (χ1v) is 11.8. The van der Waals surface area contributed by atoms with Crippen molar-refractivity contribution in [3.05, 3.63) is 64.7 Å². The number of benzene rings is 2. The molecule has 2 aromatic carbocycles. The van der Waals surface area contributed by atoms with Crippen LogP contribution in [0.1, 0.15) is 43.7 Å². The fourth-order valence-electron chi connectivity index (χ4n) is 4.15. The Hall–Kier alpha value is -3.40. The second-order valence-corrected chi connectivity index (χ2v) is 8.87. The van der Waals surface area contributed by atoms with Crippen LogP contribution < -0.4 is 16.4 Å². The van der Waals surface area contributed by atoms with E-state index in [1.165, 1.54) is 0 Å². The molecule has 0 aromatic heterocycles. The molecule has 2 aromatic rings. The second kappa shape index (κ2) is 11.6. The summed E-state index contributed by atoms with van der Waals surface area (Å²) >= 11 is 6.32. The summed E-state index contributed by atoms with van der Waals surface area (Å²) in [5.41, 5.74) is 7.22. The molecule has 0 unspecified atom stereocenters. The highest BCUT2D eigenvalue weighted by Crippen LogP contribution is 2.32. The van der Waals surface area contributed by atoms with Gasteiger partial charge in [0.2, 0.25) is 18.0 Å². The quantitative estimate of drug-likeness (QED) is 0.452. The van der Waals surface area contributed by atoms with Crippen LogP contribution in [-0.4, -0.2) is 35.8 Å². The molecule has 0 fully saturated rings. The maximum atomic E-state index is 13.2. The lowest BCUT2D eigenvalue weighted by molar-refractivity contribution is -0.146. The summed E-state index contributed by atoms with van der Waals surface area (Å²) < 4.78 is 39.0. The molecule has 0 bridgehead atoms. The predicted molar refractivity (Wildman–Crippen MR) is 130 cm³/mol. The van der Waals surface area contributed by atoms with Crippen LogP contribution in [0.15, 0.2) is 53.5 Å². The Bertz CT molecular complexity index is 1150. The fourth-order valence-corrected chi connectivity index (χ4v) is 4.37. The highest BCUT2D eigenvalue weighted by atomic mass is 35.5. The van der Waals surface area contributed by atoms with E-state index in [2.05, 4.69) is 15.6 Å². The first kappa shape index (κ1) is 27.2. The predicted octanol–water partition coefficient (Wildman–Crippen LogP) is 4.43. The number of para-hydroxylation sites is 1. The molecule has 3 amide bonds. The largest absolute Gasteiger partial charge is 0.389 e. The molecule has 1 aliphatic heterocycles. The summed E-state index contributed by atoms with van der Waals surface area (Å²) in [4.78, 5) is 42.8. The molecule has 0 saturated heterocycles. The number of halogens is 4. The third kappa shape index (κ3) is 6.63. The van der Waals surface area contributed by atoms with Crippen molar-refractivity contribution in [2.45, 2.75) is 44.9 Å². The summed E-state index contributed by atoms with van der Waals surface area (Å²) in [5, 5.41) is 5.33. The third-order valence-electron chi connectivity index (χ3n) is 5.88. The van der Waals surface area contributed by atoms with E-state index < -0.39 is 54.7 Å². The minimum Gasteiger partial charge on any atom is -0.369 e. The van der Waals surface area contributed by atoms with E-state index in [-0.39, 0.29) is 17.1 Å². The van der Waals surface area contributed by atoms with Gasteiger partial charge in [0, 0.05) is 29.4 Å². The number of nitrogens with zero attached hydrogens (tertiary/aromatic N) is 1. The molecule has 0 radical (unpaired) electrons. The maximum absolute atomic E-state index is 13.2. The Kier molecular flexibility index (Phi) is 8.73. The summed E-state index contributed by atoms with van der Waals surface area (Å²) in [7, 11) is 0. The molecule has 11 heteroatoms. The summed E-state index contributed by atoms with van der Waals surface area (Å²) in [6, 6.07) is 13.8. The van der Waals surface area contributed by atoms with Crippen molar-refractivity contribution < 1.29 is 27.6 Å². The van der Waals surface area contributed by atoms with Gasteiger partial charge in [-0.3, -0.25) is 14.4 Å². The molecule has 0 saturated carbocycles. The molecule has 1 aliphatic rings. The number of nitrogens with two attached hydrogens (primary N) is 1. The maximum Gasteiger partial charge on any atom is 0.389 e. The number of primary amides is 1. The van der Waals surface area contributed by atoms with Crippen molar-refractivity contribution >= 4 is 40.7 Å². The van der Waals surface area contributed by atoms with Gasteiger partial charge in [-0.2, -0.15) is 13.2 Å². The van der Waals surface area contributed by atoms with Crippen molar-refractivity contribution in [3.8, 4) is 0 Å². The van der Waals surface area contributed by atoms with Crippen molar-refractivity contribution in [1.29, 1.82) is 0 Å². The van der Waals surface area contributed by atoms with Gasteiger partial charge < -0.3 is 16.4 Å². The van der Waals surface area contributed by atoms with Crippen LogP contribution in [-0.2, 0) is 14.4 Å². The molecule has 3 rings (SSSR count). The number of carbonyl (C=O) groups excluding carboxylic acids is 3. The fraction of sp³-hybridized carbons (Fsp3) is 0.360. The van der Waals surface area contributed by atoms with E-state index in [0.29, 0.717) is 23.3 Å². The minimum absolute atomic E-state index is 0.127. The molecular formula is C25H26ClF3N4O3. The summed E-state index contributed by atoms with van der Waals surface area (Å²) in [6.07, 6.45) is -7.41. The molecule has 1 heterocycles. The van der Waals surface area contributed by atoms with Gasteiger partial charge in [0.05, 0.1) is 16.4 Å². The lowest BCUT2D eigenvalue weighted by atomic mass is 9.83. The van der Waals surface area contributed by atoms with Gasteiger partial charge in [0.15, 0.2) is 0 Å². The van der Waals surface area contributed by atoms with Gasteiger partial charge in [-0.15, -0.1) is 0 Å². The van der Waals surface area contributed by atoms with Crippen LogP contribution in [0, 0.1) is 11.8 Å². The highest BCUT2D eigenvalue weighted by Gasteiger charge is 2.38. The number of hydrogen-bond acceptors (Lipinski definition) is 4. The Morgan fingerprint density at radius 1 is 1.11 bits per heavy atom. The van der Waals surface area contributed by atoms with E-state index in [1.807, 2.05) is 0 Å². The van der Waals surface area contributed by atoms with Gasteiger partial charge in [-0.05, 0) is 18.9 Å². The average molecular weight is 523 g/mol. The van der Waals surface area contributed by atoms with E-state index >= 15 is 0 Å². The molecule has 0 aliphatic carbocycles. The Labute approximate surface area is 211 Å². The minimum atomic E-state index is -4.54. The van der Waals surface area contributed by atoms with Gasteiger partial charge in [-0.1, -0.05) is 67.4 Å². The zero-order valence-corrected chi connectivity index (χ0v) is 20.2. The smallest absolute Gasteiger partial charge is 0.369 e. The van der Waals surface area contributed by atoms with Gasteiger partial charge in [0.25, 0.3) is 5.91 Å². The average Bonchev–Trinajstić information content (AvgIpc) is 2.95. The Balaban J connectivity index is 1.99. The van der Waals surface area contributed by atoms with E-state index in [0.717, 1.165) is 0 Å². The standard InChI is InChI=1S/C25H26ClF3N4O3/c1-2-7-15(21(30)34)16(12-13-25(27,28)29)23(35)33-22-24(36)32-20-17(10-6-11-18(20)26)19(31-22)14-8-4-3-5-9-14/h3-6,8-11,15-16,22H,2,7,12-13H2,1H3,(H2,30,34)(H,32,36)(H,33,35)/t15-,16+,22+/m0/s1. The van der Waals surface area contributed by atoms with Gasteiger partial charge >= 0.3 is 6.18 Å². The number of amides is 3. The molecule has 36 heavy (non-hydrogen) atoms. The number of aliphatic imine (C=N–C) groups is 1. The molecule has 0 spiro atoms. The SMILES string of the molecule is CCC[C@H](C(N)=O)[C@@H](CCC(F)(F)F)C(=O)N[C@H]1N=C(c2ccccc2)c2cccc(Cl)c2NC1=O. The van der Waals surface area contributed by atoms with Crippen molar-refractivity contribution in [1.82, 2.24) is 5.32 Å². The van der Waals surface area contributed by atoms with Gasteiger partial charge in [-0.25, -0.2) is 4.99 Å². The van der Waals surface area contributed by atoms with E-state index in [1.54, 1.807) is 55.5 Å². The molecule has 192 valence electrons. The molecular weight excluding hydrogens is 497 g/mol. The van der Waals surface area contributed by atoms with Crippen molar-refractivity contribution in [2.24, 2.45) is 22.6 Å². The van der Waals surface area contributed by atoms with Crippen molar-refractivity contribution in [3.63, 3.8) is 0 Å². The van der Waals surface area contributed by atoms with Crippen molar-refractivity contribution in [2.75, 3.05) is 5.32 Å². The summed E-state index contributed by atoms with van der Waals surface area (Å²) in [6.45, 7) is 1.73. The number of rotatable bonds is 9. The van der Waals surface area contributed by atoms with Crippen LogP contribution in [0.3, 0.4) is 0 Å². The van der Waals surface area contributed by atoms with Crippen LogP contribution in [0.5, 0.6) is 0 Å². The van der Waals surface area contributed by atoms with Gasteiger partial charge in [0.1, 0.15) is 0 Å². The third-order valence-corrected chi connectivity index (χ3v) is 6.19.